The molecule has 3 aliphatic carbocycles. The van der Waals surface area contributed by atoms with Crippen LogP contribution in [0.25, 0.3) is 10.8 Å². The number of methoxy groups -OCH3 is 1. The molecule has 1 aliphatic heterocycles. The monoisotopic (exact) mass is 781 g/mol. The molecule has 0 unspecified atom stereocenters. The molecule has 296 valence electrons. The summed E-state index contributed by atoms with van der Waals surface area (Å²) in [6, 6.07) is 5.90. The number of nitrogens with zero attached hydrogens (tertiary/aromatic N) is 2. The summed E-state index contributed by atoms with van der Waals surface area (Å²) >= 11 is 0. The number of Topliss-reactive ketones (excluding diaryl/α,β-unsaturated/α-hetero) is 1. The fourth-order valence-electron chi connectivity index (χ4n) is 7.35. The number of likely N-dealkylation sites (tertiary alicyclic amines) is 1. The van der Waals surface area contributed by atoms with E-state index in [9.17, 15) is 40.8 Å². The van der Waals surface area contributed by atoms with Gasteiger partial charge in [-0.25, -0.2) is 13.9 Å². The van der Waals surface area contributed by atoms with Crippen LogP contribution in [0.15, 0.2) is 30.5 Å². The Labute approximate surface area is 311 Å². The van der Waals surface area contributed by atoms with Crippen LogP contribution in [0.3, 0.4) is 0 Å². The molecule has 1 aromatic heterocycles. The highest BCUT2D eigenvalue weighted by atomic mass is 32.2. The Kier molecular flexibility index (Phi) is 10.5. The average Bonchev–Trinajstić information content (AvgIpc) is 4.03. The summed E-state index contributed by atoms with van der Waals surface area (Å²) in [6.07, 6.45) is -2.25. The largest absolute Gasteiger partial charge is 0.497 e. The highest BCUT2D eigenvalue weighted by Crippen LogP contribution is 2.58. The summed E-state index contributed by atoms with van der Waals surface area (Å²) in [5, 5.41) is 1.40. The van der Waals surface area contributed by atoms with Gasteiger partial charge in [0.1, 0.15) is 11.9 Å². The zero-order chi connectivity index (χ0) is 39.4. The third kappa shape index (κ3) is 8.46. The summed E-state index contributed by atoms with van der Waals surface area (Å²) in [7, 11) is -2.93. The predicted octanol–water partition coefficient (Wildman–Crippen LogP) is 5.20. The number of carbonyl (C=O) groups is 4. The Balaban J connectivity index is 1.25. The van der Waals surface area contributed by atoms with Gasteiger partial charge in [0.25, 0.3) is 0 Å². The average molecular weight is 782 g/mol. The summed E-state index contributed by atoms with van der Waals surface area (Å²) in [4.78, 5) is 60.9. The maximum atomic E-state index is 14.4. The van der Waals surface area contributed by atoms with Gasteiger partial charge in [0, 0.05) is 24.4 Å². The molecule has 0 radical (unpaired) electrons. The second-order valence-electron chi connectivity index (χ2n) is 15.8. The molecule has 3 saturated carbocycles. The van der Waals surface area contributed by atoms with Crippen molar-refractivity contribution in [1.82, 2.24) is 14.6 Å². The summed E-state index contributed by atoms with van der Waals surface area (Å²) in [5.41, 5.74) is -5.04. The fraction of sp³-hybridized carbons (Fsp3) is 0.649. The molecule has 6 rings (SSSR count). The number of ketones is 1. The van der Waals surface area contributed by atoms with Crippen LogP contribution in [-0.4, -0.2) is 85.0 Å². The van der Waals surface area contributed by atoms with Crippen molar-refractivity contribution in [2.75, 3.05) is 13.7 Å². The van der Waals surface area contributed by atoms with Gasteiger partial charge in [-0.2, -0.15) is 21.6 Å². The lowest BCUT2D eigenvalue weighted by molar-refractivity contribution is -0.257. The van der Waals surface area contributed by atoms with Crippen molar-refractivity contribution in [1.29, 1.82) is 0 Å². The van der Waals surface area contributed by atoms with Gasteiger partial charge in [-0.3, -0.25) is 19.2 Å². The van der Waals surface area contributed by atoms with Gasteiger partial charge in [0.2, 0.25) is 23.3 Å². The van der Waals surface area contributed by atoms with Crippen molar-refractivity contribution in [3.05, 3.63) is 30.5 Å². The number of amides is 2. The third-order valence-electron chi connectivity index (χ3n) is 11.2. The number of halogens is 3. The first-order chi connectivity index (χ1) is 25.2. The van der Waals surface area contributed by atoms with E-state index in [-0.39, 0.29) is 43.5 Å². The Morgan fingerprint density at radius 1 is 1.11 bits per heavy atom. The number of nitrogens with one attached hydrogen (secondary N) is 1. The maximum absolute atomic E-state index is 14.4. The normalized spacial score (nSPS) is 25.5. The molecule has 2 amide bonds. The predicted molar refractivity (Wildman–Crippen MR) is 186 cm³/mol. The van der Waals surface area contributed by atoms with E-state index in [1.165, 1.54) is 18.2 Å². The lowest BCUT2D eigenvalue weighted by Gasteiger charge is -2.30. The molecule has 54 heavy (non-hydrogen) atoms. The number of carbonyl (C=O) groups excluding carboxylic acids is 4. The second-order valence-corrected chi connectivity index (χ2v) is 17.1. The van der Waals surface area contributed by atoms with Crippen LogP contribution in [-0.2, 0) is 38.4 Å². The molecule has 0 spiro atoms. The van der Waals surface area contributed by atoms with Gasteiger partial charge in [-0.15, -0.1) is 0 Å². The van der Waals surface area contributed by atoms with Gasteiger partial charge in [-0.1, -0.05) is 13.3 Å². The molecule has 13 nitrogen and oxygen atoms in total. The number of hydrogen-bond acceptors (Lipinski definition) is 11. The molecule has 1 N–H and O–H groups in total. The Hall–Kier alpha value is -3.99. The molecule has 17 heteroatoms. The zero-order valence-electron chi connectivity index (χ0n) is 30.9. The number of fused-ring (bicyclic) bond motifs is 1. The minimum Gasteiger partial charge on any atom is -0.497 e. The number of esters is 1. The molecule has 4 aliphatic rings. The molecule has 0 bridgehead atoms. The van der Waals surface area contributed by atoms with E-state index in [0.717, 1.165) is 19.2 Å². The van der Waals surface area contributed by atoms with Gasteiger partial charge in [0.05, 0.1) is 43.1 Å². The quantitative estimate of drug-likeness (QED) is 0.223. The maximum Gasteiger partial charge on any atom is 0.427 e. The Morgan fingerprint density at radius 2 is 1.81 bits per heavy atom. The standard InChI is InChI=1S/C37H46F3N3O10S/c1-6-23-18-36(23,33(47)42-54(48,49)53-35(4)12-13-35)19-29(44)28-16-25(51-31-26-10-9-24(50-5)15-22(26)11-14-41-31)20-43(28)32(46)27(21-7-8-21)17-30(45)52-34(2,3)37(38,39)40/h9-11,14-15,21,23,25,27-28H,6-8,12-13,16-20H2,1-5H3,(H,42,47)/t23-,25-,27+,28+,36-/m1/s1. The second kappa shape index (κ2) is 14.3. The molecule has 5 atom stereocenters. The topological polar surface area (TPSA) is 168 Å². The van der Waals surface area contributed by atoms with Crippen molar-refractivity contribution >= 4 is 44.6 Å². The van der Waals surface area contributed by atoms with E-state index in [1.807, 2.05) is 11.6 Å². The summed E-state index contributed by atoms with van der Waals surface area (Å²) in [5.74, 6) is -4.04. The molecule has 1 aromatic carbocycles. The third-order valence-corrected chi connectivity index (χ3v) is 12.3. The van der Waals surface area contributed by atoms with Crippen LogP contribution in [0.5, 0.6) is 11.6 Å². The van der Waals surface area contributed by atoms with Crippen LogP contribution in [0.2, 0.25) is 0 Å². The highest BCUT2D eigenvalue weighted by molar-refractivity contribution is 7.85. The number of rotatable bonds is 16. The van der Waals surface area contributed by atoms with Crippen molar-refractivity contribution in [3.8, 4) is 11.6 Å². The molecule has 2 heterocycles. The number of pyridine rings is 1. The number of hydrogen-bond donors (Lipinski definition) is 1. The first-order valence-corrected chi connectivity index (χ1v) is 19.6. The van der Waals surface area contributed by atoms with Crippen LogP contribution in [0.4, 0.5) is 13.2 Å². The molecular formula is C37H46F3N3O10S. The lowest BCUT2D eigenvalue weighted by Crippen LogP contribution is -2.47. The van der Waals surface area contributed by atoms with Crippen molar-refractivity contribution in [2.45, 2.75) is 115 Å². The number of aromatic nitrogens is 1. The van der Waals surface area contributed by atoms with E-state index < -0.39 is 81.1 Å². The lowest BCUT2D eigenvalue weighted by atomic mass is 9.90. The number of ether oxygens (including phenoxy) is 3. The van der Waals surface area contributed by atoms with E-state index >= 15 is 0 Å². The van der Waals surface area contributed by atoms with Gasteiger partial charge < -0.3 is 19.1 Å². The van der Waals surface area contributed by atoms with Crippen LogP contribution < -0.4 is 14.2 Å². The molecule has 2 aromatic rings. The number of alkyl halides is 3. The van der Waals surface area contributed by atoms with E-state index in [2.05, 4.69) is 4.98 Å². The van der Waals surface area contributed by atoms with Crippen molar-refractivity contribution in [3.63, 3.8) is 0 Å². The van der Waals surface area contributed by atoms with Crippen LogP contribution in [0.1, 0.15) is 85.5 Å². The summed E-state index contributed by atoms with van der Waals surface area (Å²) < 4.78 is 89.7. The summed E-state index contributed by atoms with van der Waals surface area (Å²) in [6.45, 7) is 4.77. The fourth-order valence-corrected chi connectivity index (χ4v) is 8.52. The van der Waals surface area contributed by atoms with Crippen molar-refractivity contribution < 1.29 is 59.2 Å². The van der Waals surface area contributed by atoms with E-state index in [0.29, 0.717) is 43.2 Å². The first kappa shape index (κ1) is 39.7. The number of benzene rings is 1. The van der Waals surface area contributed by atoms with Crippen LogP contribution >= 0.6 is 0 Å². The minimum atomic E-state index is -4.84. The van der Waals surface area contributed by atoms with Gasteiger partial charge >= 0.3 is 22.4 Å². The zero-order valence-corrected chi connectivity index (χ0v) is 31.7. The van der Waals surface area contributed by atoms with Gasteiger partial charge in [-0.05, 0) is 94.4 Å². The van der Waals surface area contributed by atoms with Crippen LogP contribution in [0, 0.1) is 23.2 Å². The highest BCUT2D eigenvalue weighted by Gasteiger charge is 2.62. The Bertz CT molecular complexity index is 1930. The first-order valence-electron chi connectivity index (χ1n) is 18.2. The van der Waals surface area contributed by atoms with E-state index in [1.54, 1.807) is 31.2 Å². The van der Waals surface area contributed by atoms with Crippen molar-refractivity contribution in [2.24, 2.45) is 23.2 Å². The molecule has 4 fully saturated rings. The molecular weight excluding hydrogens is 735 g/mol. The minimum absolute atomic E-state index is 0.0179. The Morgan fingerprint density at radius 3 is 2.41 bits per heavy atom. The smallest absolute Gasteiger partial charge is 0.427 e. The SMILES string of the molecule is CC[C@@H]1C[C@]1(CC(=O)[C@@H]1C[C@@H](Oc2nccc3cc(OC)ccc23)CN1C(=O)[C@@H](CC(=O)OC(C)(C)C(F)(F)F)C1CC1)C(=O)NS(=O)(=O)OC1(C)CC1. The van der Waals surface area contributed by atoms with Gasteiger partial charge in [0.15, 0.2) is 5.78 Å². The van der Waals surface area contributed by atoms with E-state index in [4.69, 9.17) is 18.4 Å². The molecule has 1 saturated heterocycles.